The van der Waals surface area contributed by atoms with E-state index in [2.05, 4.69) is 20.2 Å². The van der Waals surface area contributed by atoms with E-state index < -0.39 is 0 Å². The molecule has 0 saturated carbocycles. The van der Waals surface area contributed by atoms with E-state index in [1.165, 1.54) is 11.8 Å². The molecule has 1 aromatic carbocycles. The maximum atomic E-state index is 5.34. The van der Waals surface area contributed by atoms with Gasteiger partial charge in [0.2, 0.25) is 0 Å². The second-order valence-corrected chi connectivity index (χ2v) is 7.48. The normalized spacial score (nSPS) is 11.6. The predicted octanol–water partition coefficient (Wildman–Crippen LogP) is 3.99. The third-order valence-electron chi connectivity index (χ3n) is 3.79. The number of aromatic nitrogens is 6. The molecule has 0 unspecified atom stereocenters. The SMILES string of the molecule is Cc1nc2c3ccccc3nc(SCc3noc(-c4cccs4)n3)n2n1. The number of nitrogens with zero attached hydrogens (tertiary/aromatic N) is 6. The van der Waals surface area contributed by atoms with E-state index in [0.29, 0.717) is 23.3 Å². The summed E-state index contributed by atoms with van der Waals surface area (Å²) < 4.78 is 7.12. The molecule has 5 aromatic rings. The van der Waals surface area contributed by atoms with Crippen molar-refractivity contribution in [1.82, 2.24) is 29.7 Å². The average Bonchev–Trinajstić information content (AvgIpc) is 3.39. The van der Waals surface area contributed by atoms with Gasteiger partial charge in [0.15, 0.2) is 16.6 Å². The van der Waals surface area contributed by atoms with Crippen molar-refractivity contribution in [3.8, 4) is 10.8 Å². The van der Waals surface area contributed by atoms with E-state index in [4.69, 9.17) is 9.51 Å². The molecule has 0 bridgehead atoms. The lowest BCUT2D eigenvalue weighted by Crippen LogP contribution is -1.99. The van der Waals surface area contributed by atoms with Crippen LogP contribution in [0, 0.1) is 6.92 Å². The summed E-state index contributed by atoms with van der Waals surface area (Å²) in [6, 6.07) is 11.9. The summed E-state index contributed by atoms with van der Waals surface area (Å²) in [6.45, 7) is 1.88. The smallest absolute Gasteiger partial charge is 0.268 e. The van der Waals surface area contributed by atoms with Crippen LogP contribution in [0.15, 0.2) is 51.5 Å². The molecule has 0 atom stereocenters. The fraction of sp³-hybridized carbons (Fsp3) is 0.118. The molecule has 0 fully saturated rings. The number of fused-ring (bicyclic) bond motifs is 3. The highest BCUT2D eigenvalue weighted by Crippen LogP contribution is 2.27. The number of thioether (sulfide) groups is 1. The zero-order chi connectivity index (χ0) is 17.5. The third kappa shape index (κ3) is 2.65. The van der Waals surface area contributed by atoms with Crippen LogP contribution in [0.2, 0.25) is 0 Å². The zero-order valence-corrected chi connectivity index (χ0v) is 15.3. The first-order chi connectivity index (χ1) is 12.8. The van der Waals surface area contributed by atoms with Gasteiger partial charge >= 0.3 is 0 Å². The Bertz CT molecular complexity index is 1210. The van der Waals surface area contributed by atoms with Crippen LogP contribution in [0.1, 0.15) is 11.6 Å². The van der Waals surface area contributed by atoms with Crippen molar-refractivity contribution >= 4 is 39.6 Å². The molecule has 0 aliphatic carbocycles. The lowest BCUT2D eigenvalue weighted by Gasteiger charge is -2.04. The Morgan fingerprint density at radius 1 is 1.12 bits per heavy atom. The third-order valence-corrected chi connectivity index (χ3v) is 5.57. The zero-order valence-electron chi connectivity index (χ0n) is 13.7. The predicted molar refractivity (Wildman–Crippen MR) is 100 cm³/mol. The lowest BCUT2D eigenvalue weighted by atomic mass is 10.2. The van der Waals surface area contributed by atoms with Crippen LogP contribution in [-0.4, -0.2) is 29.7 Å². The van der Waals surface area contributed by atoms with E-state index in [1.54, 1.807) is 15.9 Å². The van der Waals surface area contributed by atoms with Crippen molar-refractivity contribution in [1.29, 1.82) is 0 Å². The Morgan fingerprint density at radius 2 is 2.04 bits per heavy atom. The van der Waals surface area contributed by atoms with Crippen LogP contribution in [-0.2, 0) is 5.75 Å². The summed E-state index contributed by atoms with van der Waals surface area (Å²) in [5.74, 6) is 2.42. The van der Waals surface area contributed by atoms with Crippen molar-refractivity contribution in [2.45, 2.75) is 17.8 Å². The minimum absolute atomic E-state index is 0.536. The van der Waals surface area contributed by atoms with Gasteiger partial charge in [0.25, 0.3) is 5.89 Å². The average molecular weight is 380 g/mol. The van der Waals surface area contributed by atoms with Gasteiger partial charge in [-0.05, 0) is 30.5 Å². The Labute approximate surface area is 156 Å². The maximum Gasteiger partial charge on any atom is 0.268 e. The monoisotopic (exact) mass is 380 g/mol. The van der Waals surface area contributed by atoms with Gasteiger partial charge in [0, 0.05) is 5.39 Å². The van der Waals surface area contributed by atoms with Gasteiger partial charge in [-0.15, -0.1) is 16.4 Å². The lowest BCUT2D eigenvalue weighted by molar-refractivity contribution is 0.426. The maximum absolute atomic E-state index is 5.34. The van der Waals surface area contributed by atoms with Crippen LogP contribution in [0.3, 0.4) is 0 Å². The van der Waals surface area contributed by atoms with E-state index >= 15 is 0 Å². The first kappa shape index (κ1) is 15.5. The first-order valence-electron chi connectivity index (χ1n) is 7.89. The van der Waals surface area contributed by atoms with Gasteiger partial charge in [-0.2, -0.15) is 9.50 Å². The van der Waals surface area contributed by atoms with Crippen molar-refractivity contribution in [2.75, 3.05) is 0 Å². The summed E-state index contributed by atoms with van der Waals surface area (Å²) in [7, 11) is 0. The Kier molecular flexibility index (Phi) is 3.68. The Morgan fingerprint density at radius 3 is 2.92 bits per heavy atom. The van der Waals surface area contributed by atoms with E-state index in [9.17, 15) is 0 Å². The fourth-order valence-electron chi connectivity index (χ4n) is 2.67. The quantitative estimate of drug-likeness (QED) is 0.344. The first-order valence-corrected chi connectivity index (χ1v) is 9.76. The number of hydrogen-bond acceptors (Lipinski definition) is 8. The molecule has 0 aliphatic rings. The highest BCUT2D eigenvalue weighted by Gasteiger charge is 2.15. The molecule has 0 saturated heterocycles. The summed E-state index contributed by atoms with van der Waals surface area (Å²) in [5.41, 5.74) is 1.70. The molecule has 0 amide bonds. The summed E-state index contributed by atoms with van der Waals surface area (Å²) in [6.07, 6.45) is 0. The van der Waals surface area contributed by atoms with Gasteiger partial charge in [-0.3, -0.25) is 0 Å². The molecule has 4 heterocycles. The second-order valence-electron chi connectivity index (χ2n) is 5.59. The topological polar surface area (TPSA) is 82.0 Å². The van der Waals surface area contributed by atoms with Gasteiger partial charge in [-0.1, -0.05) is 35.1 Å². The summed E-state index contributed by atoms with van der Waals surface area (Å²) >= 11 is 3.08. The van der Waals surface area contributed by atoms with Crippen molar-refractivity contribution < 1.29 is 4.52 Å². The highest BCUT2D eigenvalue weighted by molar-refractivity contribution is 7.98. The van der Waals surface area contributed by atoms with Crippen molar-refractivity contribution in [2.24, 2.45) is 0 Å². The molecule has 0 spiro atoms. The minimum atomic E-state index is 0.536. The summed E-state index contributed by atoms with van der Waals surface area (Å²) in [5, 5.41) is 12.3. The summed E-state index contributed by atoms with van der Waals surface area (Å²) in [4.78, 5) is 14.7. The Balaban J connectivity index is 1.49. The molecule has 0 aliphatic heterocycles. The van der Waals surface area contributed by atoms with Crippen molar-refractivity contribution in [3.63, 3.8) is 0 Å². The van der Waals surface area contributed by atoms with E-state index in [0.717, 1.165) is 26.6 Å². The van der Waals surface area contributed by atoms with Gasteiger partial charge in [-0.25, -0.2) is 9.97 Å². The molecule has 4 aromatic heterocycles. The molecule has 128 valence electrons. The van der Waals surface area contributed by atoms with Crippen LogP contribution in [0.25, 0.3) is 27.3 Å². The number of thiophene rings is 1. The Hall–Kier alpha value is -2.78. The van der Waals surface area contributed by atoms with Crippen LogP contribution < -0.4 is 0 Å². The standard InChI is InChI=1S/C17H12N6OS2/c1-10-18-15-11-5-2-3-6-12(11)19-17(23(15)21-10)26-9-14-20-16(24-22-14)13-7-4-8-25-13/h2-8H,9H2,1H3. The minimum Gasteiger partial charge on any atom is -0.333 e. The van der Waals surface area contributed by atoms with Gasteiger partial charge in [0.05, 0.1) is 16.1 Å². The number of rotatable bonds is 4. The molecule has 0 N–H and O–H groups in total. The van der Waals surface area contributed by atoms with Gasteiger partial charge < -0.3 is 4.52 Å². The molecule has 9 heteroatoms. The largest absolute Gasteiger partial charge is 0.333 e. The van der Waals surface area contributed by atoms with E-state index in [-0.39, 0.29) is 0 Å². The fourth-order valence-corrected chi connectivity index (χ4v) is 4.10. The van der Waals surface area contributed by atoms with Crippen molar-refractivity contribution in [3.05, 3.63) is 53.4 Å². The molecular formula is C17H12N6OS2. The molecular weight excluding hydrogens is 368 g/mol. The number of para-hydroxylation sites is 1. The molecule has 5 rings (SSSR count). The van der Waals surface area contributed by atoms with E-state index in [1.807, 2.05) is 48.7 Å². The van der Waals surface area contributed by atoms with Crippen LogP contribution in [0.5, 0.6) is 0 Å². The second kappa shape index (κ2) is 6.19. The molecule has 7 nitrogen and oxygen atoms in total. The highest BCUT2D eigenvalue weighted by atomic mass is 32.2. The van der Waals surface area contributed by atoms with Crippen LogP contribution in [0.4, 0.5) is 0 Å². The number of benzene rings is 1. The number of hydrogen-bond donors (Lipinski definition) is 0. The van der Waals surface area contributed by atoms with Crippen LogP contribution >= 0.6 is 23.1 Å². The number of aryl methyl sites for hydroxylation is 1. The molecule has 26 heavy (non-hydrogen) atoms. The van der Waals surface area contributed by atoms with Gasteiger partial charge in [0.1, 0.15) is 5.82 Å². The molecule has 0 radical (unpaired) electrons.